The molecule has 0 bridgehead atoms. The van der Waals surface area contributed by atoms with Crippen molar-refractivity contribution < 1.29 is 14.3 Å². The number of ether oxygens (including phenoxy) is 2. The molecule has 0 aliphatic carbocycles. The van der Waals surface area contributed by atoms with Gasteiger partial charge in [-0.2, -0.15) is 0 Å². The fourth-order valence-corrected chi connectivity index (χ4v) is 3.52. The van der Waals surface area contributed by atoms with Gasteiger partial charge in [0.15, 0.2) is 11.5 Å². The van der Waals surface area contributed by atoms with Gasteiger partial charge >= 0.3 is 0 Å². The normalized spacial score (nSPS) is 17.7. The first-order valence-electron chi connectivity index (χ1n) is 9.64. The Morgan fingerprint density at radius 3 is 2.90 bits per heavy atom. The number of pyridine rings is 1. The Bertz CT molecular complexity index is 939. The predicted molar refractivity (Wildman–Crippen MR) is 107 cm³/mol. The van der Waals surface area contributed by atoms with Crippen molar-refractivity contribution in [3.05, 3.63) is 57.5 Å². The van der Waals surface area contributed by atoms with Gasteiger partial charge in [-0.3, -0.25) is 25.3 Å². The summed E-state index contributed by atoms with van der Waals surface area (Å²) in [6, 6.07) is 9.23. The van der Waals surface area contributed by atoms with Crippen LogP contribution in [0.2, 0.25) is 0 Å². The first-order chi connectivity index (χ1) is 14.1. The van der Waals surface area contributed by atoms with Gasteiger partial charge in [0, 0.05) is 37.9 Å². The number of benzene rings is 1. The first kappa shape index (κ1) is 19.4. The number of aromatic nitrogens is 1. The Morgan fingerprint density at radius 2 is 2.10 bits per heavy atom. The summed E-state index contributed by atoms with van der Waals surface area (Å²) >= 11 is 0. The second-order valence-electron chi connectivity index (χ2n) is 7.35. The Kier molecular flexibility index (Phi) is 5.79. The molecule has 1 fully saturated rings. The molecular formula is C20H25N5O4. The number of nitrogens with one attached hydrogen (secondary N) is 4. The average molecular weight is 399 g/mol. The number of carbonyl (C=O) groups is 1. The van der Waals surface area contributed by atoms with Gasteiger partial charge in [0.05, 0.1) is 0 Å². The zero-order valence-corrected chi connectivity index (χ0v) is 16.3. The molecule has 1 unspecified atom stereocenters. The van der Waals surface area contributed by atoms with Crippen LogP contribution in [-0.4, -0.2) is 48.8 Å². The van der Waals surface area contributed by atoms with Crippen molar-refractivity contribution >= 4 is 5.91 Å². The molecule has 29 heavy (non-hydrogen) atoms. The molecule has 0 spiro atoms. The van der Waals surface area contributed by atoms with E-state index in [2.05, 4.69) is 26.1 Å². The topological polar surface area (TPSA) is 108 Å². The summed E-state index contributed by atoms with van der Waals surface area (Å²) in [5.74, 6) is 0.939. The lowest BCUT2D eigenvalue weighted by Crippen LogP contribution is -2.38. The summed E-state index contributed by atoms with van der Waals surface area (Å²) in [5, 5.41) is 2.77. The Labute approximate surface area is 168 Å². The van der Waals surface area contributed by atoms with E-state index in [-0.39, 0.29) is 17.9 Å². The largest absolute Gasteiger partial charge is 0.454 e. The molecule has 2 aliphatic rings. The third-order valence-corrected chi connectivity index (χ3v) is 5.00. The highest BCUT2D eigenvalue weighted by Gasteiger charge is 2.17. The van der Waals surface area contributed by atoms with Crippen LogP contribution in [0.1, 0.15) is 28.0 Å². The van der Waals surface area contributed by atoms with Crippen LogP contribution in [0.25, 0.3) is 0 Å². The van der Waals surface area contributed by atoms with Gasteiger partial charge in [0.1, 0.15) is 5.56 Å². The Morgan fingerprint density at radius 1 is 1.24 bits per heavy atom. The Balaban J connectivity index is 1.33. The maximum absolute atomic E-state index is 12.4. The number of hydrazine groups is 1. The van der Waals surface area contributed by atoms with Crippen LogP contribution in [0, 0.1) is 0 Å². The SMILES string of the molecule is CN(Cc1ccc(C(=O)NCc2ccc3c(c2)OCO3)c(=O)[nH]1)CC1CCNN1. The molecule has 2 aliphatic heterocycles. The lowest BCUT2D eigenvalue weighted by molar-refractivity contribution is 0.0949. The van der Waals surface area contributed by atoms with Gasteiger partial charge in [-0.15, -0.1) is 0 Å². The van der Waals surface area contributed by atoms with Crippen LogP contribution in [0.4, 0.5) is 0 Å². The van der Waals surface area contributed by atoms with Gasteiger partial charge in [-0.05, 0) is 43.3 Å². The van der Waals surface area contributed by atoms with Gasteiger partial charge < -0.3 is 19.8 Å². The summed E-state index contributed by atoms with van der Waals surface area (Å²) in [6.07, 6.45) is 1.07. The smallest absolute Gasteiger partial charge is 0.261 e. The van der Waals surface area contributed by atoms with E-state index in [9.17, 15) is 9.59 Å². The van der Waals surface area contributed by atoms with E-state index in [1.54, 1.807) is 18.2 Å². The Hall–Kier alpha value is -2.88. The minimum Gasteiger partial charge on any atom is -0.454 e. The zero-order valence-electron chi connectivity index (χ0n) is 16.3. The van der Waals surface area contributed by atoms with E-state index >= 15 is 0 Å². The maximum Gasteiger partial charge on any atom is 0.261 e. The zero-order chi connectivity index (χ0) is 20.2. The number of rotatable bonds is 7. The molecule has 0 radical (unpaired) electrons. The monoisotopic (exact) mass is 399 g/mol. The molecular weight excluding hydrogens is 374 g/mol. The number of aromatic amines is 1. The highest BCUT2D eigenvalue weighted by atomic mass is 16.7. The van der Waals surface area contributed by atoms with E-state index in [4.69, 9.17) is 9.47 Å². The van der Waals surface area contributed by atoms with Gasteiger partial charge in [-0.25, -0.2) is 0 Å². The number of nitrogens with zero attached hydrogens (tertiary/aromatic N) is 1. The molecule has 0 saturated carbocycles. The quantitative estimate of drug-likeness (QED) is 0.532. The van der Waals surface area contributed by atoms with Crippen molar-refractivity contribution in [2.45, 2.75) is 25.6 Å². The van der Waals surface area contributed by atoms with E-state index in [1.807, 2.05) is 19.2 Å². The maximum atomic E-state index is 12.4. The fourth-order valence-electron chi connectivity index (χ4n) is 3.52. The second-order valence-corrected chi connectivity index (χ2v) is 7.35. The third kappa shape index (κ3) is 4.76. The van der Waals surface area contributed by atoms with E-state index in [0.717, 1.165) is 30.8 Å². The van der Waals surface area contributed by atoms with E-state index < -0.39 is 5.91 Å². The van der Waals surface area contributed by atoms with E-state index in [0.29, 0.717) is 30.6 Å². The van der Waals surface area contributed by atoms with E-state index in [1.165, 1.54) is 0 Å². The van der Waals surface area contributed by atoms with Gasteiger partial charge in [0.25, 0.3) is 11.5 Å². The lowest BCUT2D eigenvalue weighted by Gasteiger charge is -2.20. The summed E-state index contributed by atoms with van der Waals surface area (Å²) in [5.41, 5.74) is 7.68. The van der Waals surface area contributed by atoms with Crippen LogP contribution >= 0.6 is 0 Å². The molecule has 9 heteroatoms. The minimum atomic E-state index is -0.412. The molecule has 1 aromatic heterocycles. The minimum absolute atomic E-state index is 0.0961. The number of amides is 1. The predicted octanol–water partition coefficient (Wildman–Crippen LogP) is 0.332. The summed E-state index contributed by atoms with van der Waals surface area (Å²) in [4.78, 5) is 29.8. The molecule has 1 aromatic carbocycles. The molecule has 1 atom stereocenters. The fraction of sp³-hybridized carbons (Fsp3) is 0.400. The van der Waals surface area contributed by atoms with Crippen molar-refractivity contribution in [2.75, 3.05) is 26.9 Å². The standard InChI is InChI=1S/C20H25N5O4/c1-25(11-15-6-7-22-24-15)10-14-3-4-16(20(27)23-14)19(26)21-9-13-2-5-17-18(8-13)29-12-28-17/h2-5,8,15,22,24H,6-7,9-12H2,1H3,(H,21,26)(H,23,27). The summed E-state index contributed by atoms with van der Waals surface area (Å²) < 4.78 is 10.6. The number of hydrogen-bond acceptors (Lipinski definition) is 7. The number of carbonyl (C=O) groups excluding carboxylic acids is 1. The van der Waals surface area contributed by atoms with Crippen LogP contribution in [-0.2, 0) is 13.1 Å². The van der Waals surface area contributed by atoms with Crippen molar-refractivity contribution in [3.8, 4) is 11.5 Å². The number of fused-ring (bicyclic) bond motifs is 1. The van der Waals surface area contributed by atoms with Crippen molar-refractivity contribution in [1.82, 2.24) is 26.1 Å². The number of hydrogen-bond donors (Lipinski definition) is 4. The molecule has 4 N–H and O–H groups in total. The van der Waals surface area contributed by atoms with Crippen molar-refractivity contribution in [2.24, 2.45) is 0 Å². The molecule has 1 amide bonds. The summed E-state index contributed by atoms with van der Waals surface area (Å²) in [6.45, 7) is 2.93. The van der Waals surface area contributed by atoms with Crippen LogP contribution in [0.5, 0.6) is 11.5 Å². The van der Waals surface area contributed by atoms with Crippen LogP contribution in [0.15, 0.2) is 35.1 Å². The van der Waals surface area contributed by atoms with Gasteiger partial charge in [0.2, 0.25) is 6.79 Å². The highest BCUT2D eigenvalue weighted by molar-refractivity contribution is 5.93. The molecule has 9 nitrogen and oxygen atoms in total. The molecule has 4 rings (SSSR count). The lowest BCUT2D eigenvalue weighted by atomic mass is 10.2. The van der Waals surface area contributed by atoms with Crippen LogP contribution in [0.3, 0.4) is 0 Å². The van der Waals surface area contributed by atoms with Gasteiger partial charge in [-0.1, -0.05) is 6.07 Å². The van der Waals surface area contributed by atoms with Crippen LogP contribution < -0.4 is 31.2 Å². The summed E-state index contributed by atoms with van der Waals surface area (Å²) in [7, 11) is 2.00. The molecule has 3 heterocycles. The number of H-pyrrole nitrogens is 1. The molecule has 154 valence electrons. The van der Waals surface area contributed by atoms with Crippen molar-refractivity contribution in [1.29, 1.82) is 0 Å². The average Bonchev–Trinajstić information content (AvgIpc) is 3.37. The third-order valence-electron chi connectivity index (χ3n) is 5.00. The van der Waals surface area contributed by atoms with Crippen molar-refractivity contribution in [3.63, 3.8) is 0 Å². The molecule has 2 aromatic rings. The highest BCUT2D eigenvalue weighted by Crippen LogP contribution is 2.32. The number of likely N-dealkylation sites (N-methyl/N-ethyl adjacent to an activating group) is 1. The second kappa shape index (κ2) is 8.64. The first-order valence-corrected chi connectivity index (χ1v) is 9.64. The molecule has 1 saturated heterocycles.